The van der Waals surface area contributed by atoms with Crippen molar-refractivity contribution in [3.63, 3.8) is 0 Å². The maximum absolute atomic E-state index is 12.9. The molecule has 0 atom stereocenters. The van der Waals surface area contributed by atoms with Crippen molar-refractivity contribution in [1.82, 2.24) is 18.8 Å². The van der Waals surface area contributed by atoms with Crippen LogP contribution in [0.2, 0.25) is 5.02 Å². The number of imidazole rings is 1. The zero-order chi connectivity index (χ0) is 20.4. The fourth-order valence-corrected chi connectivity index (χ4v) is 5.82. The number of amides is 1. The molecule has 0 N–H and O–H groups in total. The molecular formula is C20H25ClN4O3S. The molecule has 4 rings (SSSR count). The number of halogens is 1. The van der Waals surface area contributed by atoms with E-state index in [1.807, 2.05) is 17.4 Å². The molecule has 9 heteroatoms. The van der Waals surface area contributed by atoms with Crippen LogP contribution in [0.4, 0.5) is 0 Å². The topological polar surface area (TPSA) is 75.5 Å². The van der Waals surface area contributed by atoms with E-state index in [9.17, 15) is 13.2 Å². The normalized spacial score (nSPS) is 20.1. The van der Waals surface area contributed by atoms with Crippen molar-refractivity contribution < 1.29 is 13.2 Å². The number of hydrogen-bond donors (Lipinski definition) is 0. The third-order valence-electron chi connectivity index (χ3n) is 5.98. The van der Waals surface area contributed by atoms with Crippen LogP contribution in [-0.4, -0.2) is 59.3 Å². The molecule has 0 radical (unpaired) electrons. The molecule has 1 aromatic heterocycles. The molecule has 0 saturated carbocycles. The SMILES string of the molecule is O=C(C1CCN(S(=O)(=O)c2ccc(Cl)cc2)CC1)N1CCC(n2ccnc2)CC1. The lowest BCUT2D eigenvalue weighted by Gasteiger charge is -2.37. The van der Waals surface area contributed by atoms with Gasteiger partial charge in [-0.2, -0.15) is 4.31 Å². The number of rotatable bonds is 4. The van der Waals surface area contributed by atoms with Crippen molar-refractivity contribution >= 4 is 27.5 Å². The van der Waals surface area contributed by atoms with Crippen molar-refractivity contribution in [1.29, 1.82) is 0 Å². The number of carbonyl (C=O) groups is 1. The summed E-state index contributed by atoms with van der Waals surface area (Å²) in [5, 5.41) is 0.505. The van der Waals surface area contributed by atoms with Gasteiger partial charge in [-0.05, 0) is 49.9 Å². The Morgan fingerprint density at radius 2 is 1.66 bits per heavy atom. The van der Waals surface area contributed by atoms with Gasteiger partial charge in [-0.1, -0.05) is 11.6 Å². The van der Waals surface area contributed by atoms with E-state index in [0.717, 1.165) is 25.9 Å². The number of nitrogens with zero attached hydrogens (tertiary/aromatic N) is 4. The molecule has 0 spiro atoms. The molecule has 0 bridgehead atoms. The lowest BCUT2D eigenvalue weighted by Crippen LogP contribution is -2.46. The van der Waals surface area contributed by atoms with E-state index in [0.29, 0.717) is 37.0 Å². The number of benzene rings is 1. The second-order valence-corrected chi connectivity index (χ2v) is 10.1. The Hall–Kier alpha value is -1.90. The molecule has 2 fully saturated rings. The van der Waals surface area contributed by atoms with Gasteiger partial charge in [-0.25, -0.2) is 13.4 Å². The van der Waals surface area contributed by atoms with Gasteiger partial charge in [0, 0.05) is 55.6 Å². The average Bonchev–Trinajstić information content (AvgIpc) is 3.29. The van der Waals surface area contributed by atoms with Gasteiger partial charge < -0.3 is 9.47 Å². The van der Waals surface area contributed by atoms with E-state index in [-0.39, 0.29) is 16.7 Å². The number of piperidine rings is 2. The van der Waals surface area contributed by atoms with Crippen molar-refractivity contribution in [2.75, 3.05) is 26.2 Å². The molecule has 2 aromatic rings. The van der Waals surface area contributed by atoms with E-state index in [1.54, 1.807) is 18.3 Å². The summed E-state index contributed by atoms with van der Waals surface area (Å²) in [6, 6.07) is 6.61. The van der Waals surface area contributed by atoms with Crippen LogP contribution in [0.3, 0.4) is 0 Å². The Kier molecular flexibility index (Phi) is 5.94. The van der Waals surface area contributed by atoms with Crippen LogP contribution in [0.1, 0.15) is 31.7 Å². The van der Waals surface area contributed by atoms with E-state index < -0.39 is 10.0 Å². The van der Waals surface area contributed by atoms with E-state index in [4.69, 9.17) is 11.6 Å². The minimum atomic E-state index is -3.54. The molecule has 0 aliphatic carbocycles. The van der Waals surface area contributed by atoms with Crippen LogP contribution >= 0.6 is 11.6 Å². The van der Waals surface area contributed by atoms with Gasteiger partial charge >= 0.3 is 0 Å². The van der Waals surface area contributed by atoms with Crippen molar-refractivity contribution in [2.24, 2.45) is 5.92 Å². The van der Waals surface area contributed by atoms with Crippen LogP contribution in [0.5, 0.6) is 0 Å². The number of carbonyl (C=O) groups excluding carboxylic acids is 1. The summed E-state index contributed by atoms with van der Waals surface area (Å²) in [5.41, 5.74) is 0. The number of hydrogen-bond acceptors (Lipinski definition) is 4. The molecule has 0 unspecified atom stereocenters. The highest BCUT2D eigenvalue weighted by atomic mass is 35.5. The summed E-state index contributed by atoms with van der Waals surface area (Å²) < 4.78 is 29.2. The molecule has 1 amide bonds. The molecule has 2 aliphatic heterocycles. The quantitative estimate of drug-likeness (QED) is 0.738. The fraction of sp³-hybridized carbons (Fsp3) is 0.500. The predicted octanol–water partition coefficient (Wildman–Crippen LogP) is 2.80. The first kappa shape index (κ1) is 20.4. The zero-order valence-electron chi connectivity index (χ0n) is 16.2. The van der Waals surface area contributed by atoms with Crippen molar-refractivity contribution in [3.8, 4) is 0 Å². The van der Waals surface area contributed by atoms with Gasteiger partial charge in [0.15, 0.2) is 0 Å². The Balaban J connectivity index is 1.31. The largest absolute Gasteiger partial charge is 0.342 e. The lowest BCUT2D eigenvalue weighted by molar-refractivity contribution is -0.138. The Morgan fingerprint density at radius 3 is 2.24 bits per heavy atom. The molecule has 2 aliphatic rings. The van der Waals surface area contributed by atoms with E-state index in [1.165, 1.54) is 16.4 Å². The van der Waals surface area contributed by atoms with Crippen molar-refractivity contribution in [3.05, 3.63) is 48.0 Å². The molecule has 2 saturated heterocycles. The Bertz CT molecular complexity index is 931. The highest BCUT2D eigenvalue weighted by molar-refractivity contribution is 7.89. The first-order valence-electron chi connectivity index (χ1n) is 9.97. The van der Waals surface area contributed by atoms with Gasteiger partial charge in [0.25, 0.3) is 0 Å². The molecule has 3 heterocycles. The first-order valence-corrected chi connectivity index (χ1v) is 11.8. The third kappa shape index (κ3) is 4.34. The highest BCUT2D eigenvalue weighted by Crippen LogP contribution is 2.28. The van der Waals surface area contributed by atoms with Gasteiger partial charge in [0.2, 0.25) is 15.9 Å². The highest BCUT2D eigenvalue weighted by Gasteiger charge is 2.35. The van der Waals surface area contributed by atoms with Gasteiger partial charge in [0.1, 0.15) is 0 Å². The van der Waals surface area contributed by atoms with Gasteiger partial charge in [-0.15, -0.1) is 0 Å². The van der Waals surface area contributed by atoms with Crippen molar-refractivity contribution in [2.45, 2.75) is 36.6 Å². The first-order chi connectivity index (χ1) is 13.9. The summed E-state index contributed by atoms with van der Waals surface area (Å²) in [7, 11) is -3.54. The molecule has 156 valence electrons. The zero-order valence-corrected chi connectivity index (χ0v) is 17.7. The molecule has 7 nitrogen and oxygen atoms in total. The van der Waals surface area contributed by atoms with E-state index >= 15 is 0 Å². The average molecular weight is 437 g/mol. The van der Waals surface area contributed by atoms with Crippen LogP contribution in [0, 0.1) is 5.92 Å². The van der Waals surface area contributed by atoms with Gasteiger partial charge in [0.05, 0.1) is 11.2 Å². The number of sulfonamides is 1. The van der Waals surface area contributed by atoms with Gasteiger partial charge in [-0.3, -0.25) is 4.79 Å². The van der Waals surface area contributed by atoms with E-state index in [2.05, 4.69) is 9.55 Å². The summed E-state index contributed by atoms with van der Waals surface area (Å²) in [6.45, 7) is 2.22. The monoisotopic (exact) mass is 436 g/mol. The number of aromatic nitrogens is 2. The summed E-state index contributed by atoms with van der Waals surface area (Å²) in [4.78, 5) is 19.2. The molecule has 29 heavy (non-hydrogen) atoms. The minimum Gasteiger partial charge on any atom is -0.342 e. The lowest BCUT2D eigenvalue weighted by atomic mass is 9.95. The minimum absolute atomic E-state index is 0.100. The Labute approximate surface area is 176 Å². The standard InChI is InChI=1S/C20H25ClN4O3S/c21-17-1-3-19(4-2-17)29(27,28)25-12-5-16(6-13-25)20(26)23-10-7-18(8-11-23)24-14-9-22-15-24/h1-4,9,14-16,18H,5-8,10-13H2. The maximum atomic E-state index is 12.9. The molecule has 1 aromatic carbocycles. The van der Waals surface area contributed by atoms with Crippen LogP contribution in [-0.2, 0) is 14.8 Å². The summed E-state index contributed by atoms with van der Waals surface area (Å²) in [5.74, 6) is 0.0640. The fourth-order valence-electron chi connectivity index (χ4n) is 4.23. The smallest absolute Gasteiger partial charge is 0.243 e. The summed E-state index contributed by atoms with van der Waals surface area (Å²) in [6.07, 6.45) is 8.55. The maximum Gasteiger partial charge on any atom is 0.243 e. The number of likely N-dealkylation sites (tertiary alicyclic amines) is 1. The summed E-state index contributed by atoms with van der Waals surface area (Å²) >= 11 is 5.86. The Morgan fingerprint density at radius 1 is 1.00 bits per heavy atom. The molecular weight excluding hydrogens is 412 g/mol. The van der Waals surface area contributed by atoms with Crippen LogP contribution < -0.4 is 0 Å². The predicted molar refractivity (Wildman–Crippen MR) is 110 cm³/mol. The van der Waals surface area contributed by atoms with Crippen LogP contribution in [0.25, 0.3) is 0 Å². The third-order valence-corrected chi connectivity index (χ3v) is 8.14. The second-order valence-electron chi connectivity index (χ2n) is 7.70. The second kappa shape index (κ2) is 8.45. The van der Waals surface area contributed by atoms with Crippen LogP contribution in [0.15, 0.2) is 47.9 Å².